The Bertz CT molecular complexity index is 1040. The van der Waals surface area contributed by atoms with Crippen LogP contribution in [-0.2, 0) is 20.1 Å². The summed E-state index contributed by atoms with van der Waals surface area (Å²) >= 11 is 0. The van der Waals surface area contributed by atoms with E-state index >= 15 is 0 Å². The van der Waals surface area contributed by atoms with Crippen LogP contribution in [-0.4, -0.2) is 14.5 Å². The summed E-state index contributed by atoms with van der Waals surface area (Å²) in [5, 5.41) is 0. The van der Waals surface area contributed by atoms with Gasteiger partial charge in [0, 0.05) is 50.6 Å². The molecule has 0 spiro atoms. The summed E-state index contributed by atoms with van der Waals surface area (Å²) in [4.78, 5) is 8.88. The van der Waals surface area contributed by atoms with Crippen LogP contribution in [0.15, 0.2) is 41.1 Å². The molecule has 0 aliphatic carbocycles. The second kappa shape index (κ2) is 6.58. The summed E-state index contributed by atoms with van der Waals surface area (Å²) in [6.45, 7) is 8.23. The van der Waals surface area contributed by atoms with Crippen molar-refractivity contribution < 1.29 is 24.5 Å². The molecule has 1 radical (unpaired) electrons. The third kappa shape index (κ3) is 3.06. The van der Waals surface area contributed by atoms with E-state index < -0.39 is 0 Å². The van der Waals surface area contributed by atoms with E-state index in [4.69, 9.17) is 4.42 Å². The van der Waals surface area contributed by atoms with E-state index in [1.165, 1.54) is 16.7 Å². The largest absolute Gasteiger partial charge is 0.461 e. The fourth-order valence-corrected chi connectivity index (χ4v) is 3.35. The topological polar surface area (TPSA) is 43.9 Å². The number of rotatable bonds is 2. The zero-order valence-electron chi connectivity index (χ0n) is 14.5. The minimum atomic E-state index is 0. The van der Waals surface area contributed by atoms with E-state index in [1.54, 1.807) is 0 Å². The van der Waals surface area contributed by atoms with Crippen molar-refractivity contribution in [2.24, 2.45) is 0 Å². The maximum atomic E-state index is 5.65. The minimum absolute atomic E-state index is 0. The molecule has 0 fully saturated rings. The van der Waals surface area contributed by atoms with Crippen molar-refractivity contribution in [3.05, 3.63) is 65.3 Å². The summed E-state index contributed by atoms with van der Waals surface area (Å²) < 4.78 is 7.76. The Balaban J connectivity index is 0.00000182. The maximum Gasteiger partial charge on any atom is 0.180 e. The van der Waals surface area contributed by atoms with Gasteiger partial charge in [0.15, 0.2) is 5.89 Å². The van der Waals surface area contributed by atoms with Crippen LogP contribution in [0.2, 0.25) is 0 Å². The smallest absolute Gasteiger partial charge is 0.180 e. The van der Waals surface area contributed by atoms with Gasteiger partial charge in [-0.1, -0.05) is 23.8 Å². The average Bonchev–Trinajstić information content (AvgIpc) is 3.10. The Labute approximate surface area is 160 Å². The molecule has 4 aromatic rings. The van der Waals surface area contributed by atoms with Crippen LogP contribution in [0.4, 0.5) is 0 Å². The zero-order chi connectivity index (χ0) is 16.8. The molecule has 0 atom stereocenters. The van der Waals surface area contributed by atoms with E-state index in [1.807, 2.05) is 31.5 Å². The number of benzene rings is 2. The molecule has 2 aromatic carbocycles. The van der Waals surface area contributed by atoms with Crippen molar-refractivity contribution >= 4 is 11.1 Å². The summed E-state index contributed by atoms with van der Waals surface area (Å²) in [6.07, 6.45) is 3.81. The standard InChI is InChI=1S/C20H18N3O.Ir/c1-12-9-13(2)19(14(3)10-12)23-8-7-21-20(23)16-5-6-17-18(11-16)24-15(4)22-17;/h6-11H,1-4H3;/q-1;. The maximum absolute atomic E-state index is 5.65. The van der Waals surface area contributed by atoms with E-state index in [0.717, 1.165) is 28.2 Å². The molecule has 0 aliphatic heterocycles. The molecule has 0 saturated heterocycles. The number of aryl methyl sites for hydroxylation is 4. The zero-order valence-corrected chi connectivity index (χ0v) is 16.9. The summed E-state index contributed by atoms with van der Waals surface area (Å²) in [5.41, 5.74) is 7.34. The summed E-state index contributed by atoms with van der Waals surface area (Å²) in [5.74, 6) is 1.50. The normalized spacial score (nSPS) is 10.9. The van der Waals surface area contributed by atoms with Crippen LogP contribution in [0, 0.1) is 33.8 Å². The van der Waals surface area contributed by atoms with Gasteiger partial charge < -0.3 is 8.98 Å². The molecule has 129 valence electrons. The summed E-state index contributed by atoms with van der Waals surface area (Å²) in [7, 11) is 0. The van der Waals surface area contributed by atoms with Crippen molar-refractivity contribution in [3.8, 4) is 17.1 Å². The van der Waals surface area contributed by atoms with E-state index in [9.17, 15) is 0 Å². The van der Waals surface area contributed by atoms with Crippen LogP contribution in [0.5, 0.6) is 0 Å². The van der Waals surface area contributed by atoms with Crippen LogP contribution in [0.25, 0.3) is 28.2 Å². The van der Waals surface area contributed by atoms with Crippen molar-refractivity contribution in [3.63, 3.8) is 0 Å². The monoisotopic (exact) mass is 509 g/mol. The number of imidazole rings is 1. The first-order valence-corrected chi connectivity index (χ1v) is 7.94. The Morgan fingerprint density at radius 1 is 1.04 bits per heavy atom. The van der Waals surface area contributed by atoms with E-state index in [-0.39, 0.29) is 20.1 Å². The molecule has 0 amide bonds. The van der Waals surface area contributed by atoms with Gasteiger partial charge in [0.25, 0.3) is 0 Å². The van der Waals surface area contributed by atoms with Crippen LogP contribution in [0.1, 0.15) is 22.6 Å². The molecule has 2 aromatic heterocycles. The van der Waals surface area contributed by atoms with Gasteiger partial charge >= 0.3 is 0 Å². The molecule has 25 heavy (non-hydrogen) atoms. The fraction of sp³-hybridized carbons (Fsp3) is 0.200. The first-order chi connectivity index (χ1) is 11.5. The van der Waals surface area contributed by atoms with Gasteiger partial charge in [-0.15, -0.1) is 17.7 Å². The molecule has 0 unspecified atom stereocenters. The van der Waals surface area contributed by atoms with Crippen molar-refractivity contribution in [2.75, 3.05) is 0 Å². The number of aromatic nitrogens is 3. The Hall–Kier alpha value is -2.23. The molecule has 0 aliphatic rings. The molecule has 5 heteroatoms. The molecule has 4 rings (SSSR count). The molecule has 4 nitrogen and oxygen atoms in total. The SMILES string of the molecule is Cc1cc(C)c(-n2ccnc2-c2[c-]cc3nc(C)oc3c2)c(C)c1.[Ir]. The van der Waals surface area contributed by atoms with E-state index in [0.29, 0.717) is 5.89 Å². The van der Waals surface area contributed by atoms with E-state index in [2.05, 4.69) is 53.5 Å². The second-order valence-electron chi connectivity index (χ2n) is 6.20. The van der Waals surface area contributed by atoms with Crippen LogP contribution in [0.3, 0.4) is 0 Å². The van der Waals surface area contributed by atoms with Crippen molar-refractivity contribution in [1.82, 2.24) is 14.5 Å². The second-order valence-corrected chi connectivity index (χ2v) is 6.20. The van der Waals surface area contributed by atoms with Gasteiger partial charge in [-0.25, -0.2) is 0 Å². The van der Waals surface area contributed by atoms with Gasteiger partial charge in [0.1, 0.15) is 0 Å². The van der Waals surface area contributed by atoms with Gasteiger partial charge in [-0.05, 0) is 31.9 Å². The number of fused-ring (bicyclic) bond motifs is 1. The third-order valence-corrected chi connectivity index (χ3v) is 4.19. The number of hydrogen-bond donors (Lipinski definition) is 0. The predicted molar refractivity (Wildman–Crippen MR) is 94.4 cm³/mol. The quantitative estimate of drug-likeness (QED) is 0.369. The number of oxazole rings is 1. The molecule has 0 N–H and O–H groups in total. The molecule has 2 heterocycles. The molecular weight excluding hydrogens is 490 g/mol. The van der Waals surface area contributed by atoms with Crippen molar-refractivity contribution in [1.29, 1.82) is 0 Å². The predicted octanol–water partition coefficient (Wildman–Crippen LogP) is 4.71. The fourth-order valence-electron chi connectivity index (χ4n) is 3.35. The van der Waals surface area contributed by atoms with Gasteiger partial charge in [0.2, 0.25) is 0 Å². The van der Waals surface area contributed by atoms with Crippen LogP contribution < -0.4 is 0 Å². The minimum Gasteiger partial charge on any atom is -0.461 e. The summed E-state index contributed by atoms with van der Waals surface area (Å²) in [6, 6.07) is 11.5. The van der Waals surface area contributed by atoms with Gasteiger partial charge in [0.05, 0.1) is 11.4 Å². The number of hydrogen-bond acceptors (Lipinski definition) is 3. The van der Waals surface area contributed by atoms with Crippen LogP contribution >= 0.6 is 0 Å². The molecule has 0 saturated carbocycles. The Morgan fingerprint density at radius 2 is 1.76 bits per heavy atom. The van der Waals surface area contributed by atoms with Gasteiger partial charge in [-0.2, -0.15) is 0 Å². The Kier molecular flexibility index (Phi) is 4.63. The average molecular weight is 509 g/mol. The Morgan fingerprint density at radius 3 is 2.48 bits per heavy atom. The number of nitrogens with zero attached hydrogens (tertiary/aromatic N) is 3. The first-order valence-electron chi connectivity index (χ1n) is 7.94. The third-order valence-electron chi connectivity index (χ3n) is 4.19. The first kappa shape index (κ1) is 17.6. The van der Waals surface area contributed by atoms with Gasteiger partial charge in [-0.3, -0.25) is 9.97 Å². The molecular formula is C20H18IrN3O-. The van der Waals surface area contributed by atoms with Crippen molar-refractivity contribution in [2.45, 2.75) is 27.7 Å². The molecule has 0 bridgehead atoms.